The van der Waals surface area contributed by atoms with E-state index in [0.717, 1.165) is 79.7 Å². The molecular formula is C32H45BN6O5. The Morgan fingerprint density at radius 2 is 1.77 bits per heavy atom. The van der Waals surface area contributed by atoms with Crippen molar-refractivity contribution in [2.24, 2.45) is 0 Å². The van der Waals surface area contributed by atoms with E-state index >= 15 is 0 Å². The van der Waals surface area contributed by atoms with Gasteiger partial charge in [0.15, 0.2) is 6.23 Å². The molecule has 11 nitrogen and oxygen atoms in total. The van der Waals surface area contributed by atoms with E-state index in [9.17, 15) is 4.79 Å². The normalized spacial score (nSPS) is 22.4. The number of ether oxygens (including phenoxy) is 2. The SMILES string of the molecule is CC(C)(C)OC(=O)NC1CCN(c2cncc(-c3nn(C4CCCCO4)c4ccc(B5OC(C)(C)C(C)(C)O5)cc34)n2)CC1. The lowest BCUT2D eigenvalue weighted by molar-refractivity contribution is -0.0365. The molecule has 0 spiro atoms. The maximum Gasteiger partial charge on any atom is 0.494 e. The third kappa shape index (κ3) is 6.30. The van der Waals surface area contributed by atoms with Gasteiger partial charge in [-0.05, 0) is 92.1 Å². The van der Waals surface area contributed by atoms with Crippen LogP contribution in [0.15, 0.2) is 30.6 Å². The van der Waals surface area contributed by atoms with E-state index in [1.165, 1.54) is 0 Å². The first-order valence-electron chi connectivity index (χ1n) is 15.9. The van der Waals surface area contributed by atoms with Crippen molar-refractivity contribution in [3.63, 3.8) is 0 Å². The highest BCUT2D eigenvalue weighted by Crippen LogP contribution is 2.38. The van der Waals surface area contributed by atoms with Crippen molar-refractivity contribution >= 4 is 35.4 Å². The Balaban J connectivity index is 1.27. The second kappa shape index (κ2) is 11.6. The number of benzene rings is 1. The van der Waals surface area contributed by atoms with Crippen molar-refractivity contribution in [2.75, 3.05) is 24.6 Å². The van der Waals surface area contributed by atoms with Gasteiger partial charge < -0.3 is 29.0 Å². The van der Waals surface area contributed by atoms with Gasteiger partial charge in [-0.1, -0.05) is 12.1 Å². The number of fused-ring (bicyclic) bond motifs is 1. The van der Waals surface area contributed by atoms with Crippen LogP contribution in [0, 0.1) is 0 Å². The lowest BCUT2D eigenvalue weighted by atomic mass is 9.78. The molecule has 3 aliphatic heterocycles. The van der Waals surface area contributed by atoms with Gasteiger partial charge in [0.2, 0.25) is 0 Å². The fourth-order valence-electron chi connectivity index (χ4n) is 5.96. The molecule has 12 heteroatoms. The summed E-state index contributed by atoms with van der Waals surface area (Å²) >= 11 is 0. The lowest BCUT2D eigenvalue weighted by Crippen LogP contribution is -2.46. The number of alkyl carbamates (subject to hydrolysis) is 1. The molecule has 0 radical (unpaired) electrons. The Morgan fingerprint density at radius 1 is 1.05 bits per heavy atom. The van der Waals surface area contributed by atoms with Crippen molar-refractivity contribution in [2.45, 2.75) is 110 Å². The summed E-state index contributed by atoms with van der Waals surface area (Å²) in [6.45, 7) is 16.1. The molecule has 0 aliphatic carbocycles. The first kappa shape index (κ1) is 30.8. The van der Waals surface area contributed by atoms with Gasteiger partial charge in [0.05, 0.1) is 29.1 Å². The molecule has 3 aromatic rings. The van der Waals surface area contributed by atoms with Crippen LogP contribution >= 0.6 is 0 Å². The number of piperidine rings is 1. The predicted molar refractivity (Wildman–Crippen MR) is 170 cm³/mol. The zero-order chi connectivity index (χ0) is 31.3. The molecule has 3 aliphatic rings. The van der Waals surface area contributed by atoms with Gasteiger partial charge in [-0.2, -0.15) is 5.10 Å². The van der Waals surface area contributed by atoms with Crippen LogP contribution in [0.1, 0.15) is 86.8 Å². The van der Waals surface area contributed by atoms with Crippen LogP contribution in [0.25, 0.3) is 22.3 Å². The number of amides is 1. The van der Waals surface area contributed by atoms with Crippen LogP contribution in [-0.4, -0.2) is 75.5 Å². The number of aromatic nitrogens is 4. The Kier molecular flexibility index (Phi) is 8.13. The van der Waals surface area contributed by atoms with Gasteiger partial charge >= 0.3 is 13.2 Å². The van der Waals surface area contributed by atoms with E-state index < -0.39 is 23.9 Å². The fourth-order valence-corrected chi connectivity index (χ4v) is 5.96. The summed E-state index contributed by atoms with van der Waals surface area (Å²) in [5, 5.41) is 9.06. The molecule has 1 N–H and O–H groups in total. The molecule has 2 aromatic heterocycles. The molecule has 44 heavy (non-hydrogen) atoms. The van der Waals surface area contributed by atoms with E-state index in [4.69, 9.17) is 28.9 Å². The highest BCUT2D eigenvalue weighted by molar-refractivity contribution is 6.62. The number of rotatable bonds is 5. The average Bonchev–Trinajstić information content (AvgIpc) is 3.45. The highest BCUT2D eigenvalue weighted by Gasteiger charge is 2.51. The molecule has 1 aromatic carbocycles. The molecular weight excluding hydrogens is 559 g/mol. The van der Waals surface area contributed by atoms with Gasteiger partial charge in [-0.15, -0.1) is 0 Å². The minimum Gasteiger partial charge on any atom is -0.444 e. The van der Waals surface area contributed by atoms with Crippen LogP contribution in [-0.2, 0) is 18.8 Å². The zero-order valence-corrected chi connectivity index (χ0v) is 27.1. The Morgan fingerprint density at radius 3 is 2.43 bits per heavy atom. The molecule has 5 heterocycles. The standard InChI is InChI=1S/C32H45BN6O5/c1-30(2,3)42-29(40)35-22-13-15-38(16-14-22)26-20-34-19-24(36-26)28-23-18-21(33-43-31(4,5)32(6,7)44-33)11-12-25(23)39(37-28)27-10-8-9-17-41-27/h11-12,18-20,22,27H,8-10,13-17H2,1-7H3,(H,35,40). The maximum atomic E-state index is 12.3. The summed E-state index contributed by atoms with van der Waals surface area (Å²) in [6.07, 6.45) is 7.72. The van der Waals surface area contributed by atoms with Crippen molar-refractivity contribution in [3.05, 3.63) is 30.6 Å². The van der Waals surface area contributed by atoms with E-state index in [1.807, 2.05) is 25.5 Å². The summed E-state index contributed by atoms with van der Waals surface area (Å²) in [5.74, 6) is 0.789. The Hall–Kier alpha value is -3.22. The van der Waals surface area contributed by atoms with Crippen LogP contribution in [0.4, 0.5) is 10.6 Å². The zero-order valence-electron chi connectivity index (χ0n) is 27.1. The second-order valence-corrected chi connectivity index (χ2v) is 14.1. The minimum atomic E-state index is -0.522. The van der Waals surface area contributed by atoms with Gasteiger partial charge in [-0.25, -0.2) is 14.5 Å². The monoisotopic (exact) mass is 604 g/mol. The first-order chi connectivity index (χ1) is 20.8. The third-order valence-corrected chi connectivity index (χ3v) is 9.09. The first-order valence-corrected chi connectivity index (χ1v) is 15.9. The smallest absolute Gasteiger partial charge is 0.444 e. The molecule has 0 saturated carbocycles. The molecule has 1 unspecified atom stereocenters. The second-order valence-electron chi connectivity index (χ2n) is 14.1. The molecule has 3 fully saturated rings. The largest absolute Gasteiger partial charge is 0.494 e. The van der Waals surface area contributed by atoms with Crippen LogP contribution in [0.3, 0.4) is 0 Å². The lowest BCUT2D eigenvalue weighted by Gasteiger charge is -2.33. The summed E-state index contributed by atoms with van der Waals surface area (Å²) < 4.78 is 26.4. The van der Waals surface area contributed by atoms with Gasteiger partial charge in [-0.3, -0.25) is 4.98 Å². The van der Waals surface area contributed by atoms with Crippen molar-refractivity contribution < 1.29 is 23.6 Å². The van der Waals surface area contributed by atoms with E-state index in [1.54, 1.807) is 12.4 Å². The van der Waals surface area contributed by atoms with E-state index in [2.05, 4.69) is 61.1 Å². The molecule has 1 amide bonds. The maximum absolute atomic E-state index is 12.3. The predicted octanol–water partition coefficient (Wildman–Crippen LogP) is 4.99. The summed E-state index contributed by atoms with van der Waals surface area (Å²) in [7, 11) is -0.487. The number of nitrogens with zero attached hydrogens (tertiary/aromatic N) is 5. The van der Waals surface area contributed by atoms with Gasteiger partial charge in [0.25, 0.3) is 0 Å². The average molecular weight is 605 g/mol. The quantitative estimate of drug-likeness (QED) is 0.403. The van der Waals surface area contributed by atoms with E-state index in [-0.39, 0.29) is 18.4 Å². The van der Waals surface area contributed by atoms with Crippen molar-refractivity contribution in [1.29, 1.82) is 0 Å². The molecule has 3 saturated heterocycles. The Bertz CT molecular complexity index is 1490. The topological polar surface area (TPSA) is 113 Å². The van der Waals surface area contributed by atoms with Crippen LogP contribution in [0.5, 0.6) is 0 Å². The number of anilines is 1. The van der Waals surface area contributed by atoms with E-state index in [0.29, 0.717) is 5.69 Å². The molecule has 1 atom stereocenters. The number of carbonyl (C=O) groups is 1. The van der Waals surface area contributed by atoms with Gasteiger partial charge in [0, 0.05) is 31.1 Å². The Labute approximate surface area is 260 Å². The number of hydrogen-bond donors (Lipinski definition) is 1. The molecule has 236 valence electrons. The summed E-state index contributed by atoms with van der Waals surface area (Å²) in [5.41, 5.74) is 1.96. The summed E-state index contributed by atoms with van der Waals surface area (Å²) in [6, 6.07) is 6.32. The highest BCUT2D eigenvalue weighted by atomic mass is 16.7. The van der Waals surface area contributed by atoms with Crippen molar-refractivity contribution in [1.82, 2.24) is 25.1 Å². The number of nitrogens with one attached hydrogen (secondary N) is 1. The summed E-state index contributed by atoms with van der Waals surface area (Å²) in [4.78, 5) is 24.1. The minimum absolute atomic E-state index is 0.0563. The molecule has 6 rings (SSSR count). The van der Waals surface area contributed by atoms with Gasteiger partial charge in [0.1, 0.15) is 22.8 Å². The number of hydrogen-bond acceptors (Lipinski definition) is 9. The van der Waals surface area contributed by atoms with Crippen molar-refractivity contribution in [3.8, 4) is 11.4 Å². The number of carbonyl (C=O) groups excluding carboxylic acids is 1. The third-order valence-electron chi connectivity index (χ3n) is 9.09. The molecule has 0 bridgehead atoms. The van der Waals surface area contributed by atoms with Crippen LogP contribution in [0.2, 0.25) is 0 Å². The van der Waals surface area contributed by atoms with Crippen LogP contribution < -0.4 is 15.7 Å². The fraction of sp³-hybridized carbons (Fsp3) is 0.625.